The van der Waals surface area contributed by atoms with Crippen molar-refractivity contribution in [2.45, 2.75) is 60.0 Å². The van der Waals surface area contributed by atoms with Crippen LogP contribution in [-0.4, -0.2) is 14.1 Å². The zero-order chi connectivity index (χ0) is 13.9. The predicted molar refractivity (Wildman–Crippen MR) is 90.8 cm³/mol. The van der Waals surface area contributed by atoms with Crippen LogP contribution in [0, 0.1) is 7.43 Å². The Bertz CT molecular complexity index is 418. The van der Waals surface area contributed by atoms with Gasteiger partial charge in [0.1, 0.15) is 12.4 Å². The summed E-state index contributed by atoms with van der Waals surface area (Å²) < 4.78 is 6.38. The molecule has 2 rings (SSSR count). The summed E-state index contributed by atoms with van der Waals surface area (Å²) in [5.41, 5.74) is 0. The Hall–Kier alpha value is -1.58. The molecule has 0 saturated heterocycles. The summed E-state index contributed by atoms with van der Waals surface area (Å²) in [6.45, 7) is 6.66. The van der Waals surface area contributed by atoms with Crippen LogP contribution in [0.1, 0.15) is 47.0 Å². The average Bonchev–Trinajstić information content (AvgIpc) is 3.06. The van der Waals surface area contributed by atoms with Crippen molar-refractivity contribution in [1.82, 2.24) is 14.1 Å². The molecule has 21 heavy (non-hydrogen) atoms. The summed E-state index contributed by atoms with van der Waals surface area (Å²) in [5.74, 6) is 0. The van der Waals surface area contributed by atoms with Crippen LogP contribution in [0.25, 0.3) is 0 Å². The van der Waals surface area contributed by atoms with Crippen molar-refractivity contribution in [3.63, 3.8) is 0 Å². The third-order valence-electron chi connectivity index (χ3n) is 2.92. The molecule has 2 aromatic heterocycles. The molecule has 0 aliphatic heterocycles. The second kappa shape index (κ2) is 13.4. The summed E-state index contributed by atoms with van der Waals surface area (Å²) in [6, 6.07) is 0. The molecule has 0 bridgehead atoms. The van der Waals surface area contributed by atoms with Crippen molar-refractivity contribution < 1.29 is 4.57 Å². The zero-order valence-corrected chi connectivity index (χ0v) is 13.5. The van der Waals surface area contributed by atoms with Gasteiger partial charge in [0.2, 0.25) is 6.33 Å². The summed E-state index contributed by atoms with van der Waals surface area (Å²) in [4.78, 5) is 3.94. The molecular formula is C17H34N4. The highest BCUT2D eigenvalue weighted by molar-refractivity contribution is 4.73. The largest absolute Gasteiger partial charge is 0.358 e. The second-order valence-electron chi connectivity index (χ2n) is 4.82. The van der Waals surface area contributed by atoms with Crippen molar-refractivity contribution in [3.05, 3.63) is 44.9 Å². The molecule has 0 unspecified atom stereocenters. The molecule has 0 spiro atoms. The van der Waals surface area contributed by atoms with E-state index >= 15 is 0 Å². The Kier molecular flexibility index (Phi) is 13.9. The van der Waals surface area contributed by atoms with Crippen LogP contribution in [0.2, 0.25) is 0 Å². The van der Waals surface area contributed by atoms with Crippen LogP contribution >= 0.6 is 0 Å². The van der Waals surface area contributed by atoms with Gasteiger partial charge in [0.25, 0.3) is 0 Å². The van der Waals surface area contributed by atoms with Gasteiger partial charge in [0.15, 0.2) is 0 Å². The van der Waals surface area contributed by atoms with Gasteiger partial charge in [-0.1, -0.05) is 34.1 Å². The van der Waals surface area contributed by atoms with E-state index in [0.717, 1.165) is 13.1 Å². The number of imidazole rings is 2. The smallest absolute Gasteiger partial charge is 0.243 e. The quantitative estimate of drug-likeness (QED) is 0.586. The van der Waals surface area contributed by atoms with Gasteiger partial charge in [-0.05, 0) is 12.8 Å². The number of hydrogen-bond acceptors (Lipinski definition) is 1. The van der Waals surface area contributed by atoms with E-state index in [4.69, 9.17) is 0 Å². The topological polar surface area (TPSA) is 26.6 Å². The maximum Gasteiger partial charge on any atom is 0.243 e. The number of rotatable bonds is 6. The van der Waals surface area contributed by atoms with Gasteiger partial charge >= 0.3 is 0 Å². The number of aromatic nitrogens is 4. The number of nitrogens with zero attached hydrogens (tertiary/aromatic N) is 4. The molecule has 0 saturated carbocycles. The highest BCUT2D eigenvalue weighted by atomic mass is 15.1. The van der Waals surface area contributed by atoms with Crippen molar-refractivity contribution >= 4 is 0 Å². The minimum atomic E-state index is 0. The number of unbranched alkanes of at least 4 members (excludes halogenated alkanes) is 2. The normalized spacial score (nSPS) is 9.10. The molecule has 0 aliphatic carbocycles. The van der Waals surface area contributed by atoms with Gasteiger partial charge in [0.05, 0.1) is 19.9 Å². The van der Waals surface area contributed by atoms with Crippen molar-refractivity contribution in [1.29, 1.82) is 0 Å². The van der Waals surface area contributed by atoms with Gasteiger partial charge in [-0.15, -0.1) is 0 Å². The van der Waals surface area contributed by atoms with Crippen LogP contribution in [0.15, 0.2) is 37.4 Å². The first kappa shape index (κ1) is 21.7. The average molecular weight is 294 g/mol. The van der Waals surface area contributed by atoms with E-state index in [1.54, 1.807) is 0 Å². The van der Waals surface area contributed by atoms with E-state index in [1.165, 1.54) is 25.7 Å². The van der Waals surface area contributed by atoms with Gasteiger partial charge in [-0.3, -0.25) is 0 Å². The molecule has 2 aromatic rings. The van der Waals surface area contributed by atoms with Crippen LogP contribution in [0.4, 0.5) is 0 Å². The molecule has 0 radical (unpaired) electrons. The summed E-state index contributed by atoms with van der Waals surface area (Å²) >= 11 is 0. The summed E-state index contributed by atoms with van der Waals surface area (Å²) in [6.07, 6.45) is 17.0. The van der Waals surface area contributed by atoms with Crippen LogP contribution in [-0.2, 0) is 20.1 Å². The Morgan fingerprint density at radius 1 is 1.00 bits per heavy atom. The fourth-order valence-electron chi connectivity index (χ4n) is 1.73. The lowest BCUT2D eigenvalue weighted by molar-refractivity contribution is -0.671. The highest BCUT2D eigenvalue weighted by Gasteiger charge is 1.96. The van der Waals surface area contributed by atoms with Crippen molar-refractivity contribution in [2.75, 3.05) is 0 Å². The maximum absolute atomic E-state index is 3.94. The van der Waals surface area contributed by atoms with E-state index < -0.39 is 0 Å². The predicted octanol–water partition coefficient (Wildman–Crippen LogP) is 3.88. The van der Waals surface area contributed by atoms with Gasteiger partial charge in [-0.2, -0.15) is 0 Å². The van der Waals surface area contributed by atoms with E-state index in [0.29, 0.717) is 0 Å². The Balaban J connectivity index is 0. The van der Waals surface area contributed by atoms with Crippen LogP contribution < -0.4 is 4.57 Å². The lowest BCUT2D eigenvalue weighted by Gasteiger charge is -1.96. The van der Waals surface area contributed by atoms with Crippen LogP contribution in [0.5, 0.6) is 0 Å². The minimum absolute atomic E-state index is 0. The number of aryl methyl sites for hydroxylation is 3. The number of hydrogen-bond donors (Lipinski definition) is 0. The van der Waals surface area contributed by atoms with Gasteiger partial charge in [-0.25, -0.2) is 14.1 Å². The summed E-state index contributed by atoms with van der Waals surface area (Å²) in [5, 5.41) is 0. The second-order valence-corrected chi connectivity index (χ2v) is 4.82. The third-order valence-corrected chi connectivity index (χ3v) is 2.92. The standard InChI is InChI=1S/C8H15N2.C7H12N2.CH4.CH3/c1-3-4-5-10-7-6-9(2)8-10;1-2-3-5-9-6-4-8-7-9;;/h6-8H,3-5H2,1-2H3;4,6-7H,2-3,5H2,1H3;1H4;1H3/q+1;;;-1. The van der Waals surface area contributed by atoms with Crippen molar-refractivity contribution in [3.8, 4) is 0 Å². The summed E-state index contributed by atoms with van der Waals surface area (Å²) in [7, 11) is 2.04. The minimum Gasteiger partial charge on any atom is -0.358 e. The van der Waals surface area contributed by atoms with E-state index in [1.807, 2.05) is 25.8 Å². The third kappa shape index (κ3) is 9.88. The highest BCUT2D eigenvalue weighted by Crippen LogP contribution is 1.92. The molecule has 122 valence electrons. The first-order valence-electron chi connectivity index (χ1n) is 7.23. The lowest BCUT2D eigenvalue weighted by Crippen LogP contribution is -2.23. The molecular weight excluding hydrogens is 260 g/mol. The van der Waals surface area contributed by atoms with Crippen molar-refractivity contribution in [2.24, 2.45) is 7.05 Å². The van der Waals surface area contributed by atoms with Gasteiger partial charge < -0.3 is 12.0 Å². The fraction of sp³-hybridized carbons (Fsp3) is 0.588. The Labute approximate surface area is 131 Å². The first-order chi connectivity index (χ1) is 9.26. The van der Waals surface area contributed by atoms with E-state index in [9.17, 15) is 0 Å². The lowest BCUT2D eigenvalue weighted by atomic mass is 10.3. The Morgan fingerprint density at radius 2 is 1.62 bits per heavy atom. The fourth-order valence-corrected chi connectivity index (χ4v) is 1.73. The molecule has 4 nitrogen and oxygen atoms in total. The van der Waals surface area contributed by atoms with E-state index in [2.05, 4.69) is 51.3 Å². The zero-order valence-electron chi connectivity index (χ0n) is 13.5. The molecule has 0 aliphatic rings. The van der Waals surface area contributed by atoms with Gasteiger partial charge in [0, 0.05) is 18.9 Å². The Morgan fingerprint density at radius 3 is 2.05 bits per heavy atom. The molecule has 4 heteroatoms. The SMILES string of the molecule is C.CCCCn1cc[n+](C)c1.CCCCn1ccnc1.[CH3-]. The molecule has 2 heterocycles. The van der Waals surface area contributed by atoms with E-state index in [-0.39, 0.29) is 14.9 Å². The molecule has 0 N–H and O–H groups in total. The molecule has 0 amide bonds. The maximum atomic E-state index is 3.94. The van der Waals surface area contributed by atoms with Crippen LogP contribution in [0.3, 0.4) is 0 Å². The monoisotopic (exact) mass is 294 g/mol. The molecule has 0 atom stereocenters. The first-order valence-corrected chi connectivity index (χ1v) is 7.23. The molecule has 0 aromatic carbocycles. The molecule has 0 fully saturated rings.